The average Bonchev–Trinajstić information content (AvgIpc) is 2.48. The number of carbonyl (C=O) groups excluding carboxylic acids is 1. The normalized spacial score (nSPS) is 15.7. The molecule has 1 fully saturated rings. The Morgan fingerprint density at radius 3 is 2.90 bits per heavy atom. The van der Waals surface area contributed by atoms with E-state index in [-0.39, 0.29) is 5.91 Å². The van der Waals surface area contributed by atoms with Gasteiger partial charge < -0.3 is 15.0 Å². The number of amides is 1. The Hall–Kier alpha value is -1.30. The standard InChI is InChI=1S/C15H22ClN3O2/c1-18(15(20)12-19-7-5-17-6-8-19)9-10-21-14-4-2-3-13(16)11-14/h2-4,11,17H,5-10,12H2,1H3. The highest BCUT2D eigenvalue weighted by molar-refractivity contribution is 6.30. The number of carbonyl (C=O) groups is 1. The zero-order chi connectivity index (χ0) is 15.1. The van der Waals surface area contributed by atoms with Crippen molar-refractivity contribution in [1.29, 1.82) is 0 Å². The first-order valence-corrected chi connectivity index (χ1v) is 7.58. The number of piperazine rings is 1. The monoisotopic (exact) mass is 311 g/mol. The third-order valence-electron chi connectivity index (χ3n) is 3.49. The summed E-state index contributed by atoms with van der Waals surface area (Å²) in [7, 11) is 1.81. The molecule has 1 saturated heterocycles. The van der Waals surface area contributed by atoms with E-state index >= 15 is 0 Å². The van der Waals surface area contributed by atoms with Crippen molar-refractivity contribution in [1.82, 2.24) is 15.1 Å². The smallest absolute Gasteiger partial charge is 0.236 e. The van der Waals surface area contributed by atoms with Crippen molar-refractivity contribution in [3.05, 3.63) is 29.3 Å². The highest BCUT2D eigenvalue weighted by Gasteiger charge is 2.16. The Kier molecular flexibility index (Phi) is 6.29. The largest absolute Gasteiger partial charge is 0.492 e. The molecule has 1 N–H and O–H groups in total. The van der Waals surface area contributed by atoms with E-state index in [4.69, 9.17) is 16.3 Å². The first kappa shape index (κ1) is 16.1. The van der Waals surface area contributed by atoms with Crippen LogP contribution in [0, 0.1) is 0 Å². The van der Waals surface area contributed by atoms with E-state index in [1.54, 1.807) is 17.0 Å². The fourth-order valence-electron chi connectivity index (χ4n) is 2.16. The Labute approximate surface area is 130 Å². The van der Waals surface area contributed by atoms with Gasteiger partial charge in [-0.25, -0.2) is 0 Å². The minimum atomic E-state index is 0.131. The maximum absolute atomic E-state index is 12.1. The molecule has 116 valence electrons. The second kappa shape index (κ2) is 8.22. The zero-order valence-corrected chi connectivity index (χ0v) is 13.1. The van der Waals surface area contributed by atoms with Gasteiger partial charge >= 0.3 is 0 Å². The lowest BCUT2D eigenvalue weighted by Crippen LogP contribution is -2.48. The first-order valence-electron chi connectivity index (χ1n) is 7.20. The summed E-state index contributed by atoms with van der Waals surface area (Å²) in [4.78, 5) is 16.0. The van der Waals surface area contributed by atoms with E-state index < -0.39 is 0 Å². The molecule has 21 heavy (non-hydrogen) atoms. The molecule has 0 aliphatic carbocycles. The maximum Gasteiger partial charge on any atom is 0.236 e. The van der Waals surface area contributed by atoms with Crippen LogP contribution in [0.3, 0.4) is 0 Å². The fourth-order valence-corrected chi connectivity index (χ4v) is 2.34. The molecular weight excluding hydrogens is 290 g/mol. The average molecular weight is 312 g/mol. The molecule has 1 aromatic rings. The van der Waals surface area contributed by atoms with Crippen LogP contribution in [0.1, 0.15) is 0 Å². The van der Waals surface area contributed by atoms with Crippen LogP contribution in [0.2, 0.25) is 5.02 Å². The number of nitrogens with one attached hydrogen (secondary N) is 1. The van der Waals surface area contributed by atoms with E-state index in [9.17, 15) is 4.79 Å². The van der Waals surface area contributed by atoms with Gasteiger partial charge in [-0.05, 0) is 18.2 Å². The summed E-state index contributed by atoms with van der Waals surface area (Å²) < 4.78 is 5.60. The van der Waals surface area contributed by atoms with Gasteiger partial charge in [-0.3, -0.25) is 9.69 Å². The Balaban J connectivity index is 1.68. The number of hydrogen-bond acceptors (Lipinski definition) is 4. The molecule has 0 spiro atoms. The van der Waals surface area contributed by atoms with Crippen LogP contribution >= 0.6 is 11.6 Å². The third-order valence-corrected chi connectivity index (χ3v) is 3.72. The van der Waals surface area contributed by atoms with Gasteiger partial charge in [-0.1, -0.05) is 17.7 Å². The van der Waals surface area contributed by atoms with E-state index in [1.165, 1.54) is 0 Å². The van der Waals surface area contributed by atoms with Gasteiger partial charge in [-0.15, -0.1) is 0 Å². The highest BCUT2D eigenvalue weighted by atomic mass is 35.5. The first-order chi connectivity index (χ1) is 10.1. The molecule has 0 aromatic heterocycles. The molecule has 1 aromatic carbocycles. The Bertz CT molecular complexity index is 464. The van der Waals surface area contributed by atoms with Crippen molar-refractivity contribution < 1.29 is 9.53 Å². The number of likely N-dealkylation sites (N-methyl/N-ethyl adjacent to an activating group) is 1. The van der Waals surface area contributed by atoms with Gasteiger partial charge in [0.2, 0.25) is 5.91 Å². The van der Waals surface area contributed by atoms with Crippen LogP contribution in [-0.4, -0.2) is 68.6 Å². The molecule has 0 bridgehead atoms. The van der Waals surface area contributed by atoms with Crippen molar-refractivity contribution in [2.24, 2.45) is 0 Å². The van der Waals surface area contributed by atoms with Gasteiger partial charge in [0, 0.05) is 38.2 Å². The fraction of sp³-hybridized carbons (Fsp3) is 0.533. The van der Waals surface area contributed by atoms with Gasteiger partial charge in [-0.2, -0.15) is 0 Å². The number of benzene rings is 1. The minimum absolute atomic E-state index is 0.131. The van der Waals surface area contributed by atoms with E-state index in [2.05, 4.69) is 10.2 Å². The summed E-state index contributed by atoms with van der Waals surface area (Å²) >= 11 is 5.89. The lowest BCUT2D eigenvalue weighted by molar-refractivity contribution is -0.131. The molecule has 1 aliphatic heterocycles. The van der Waals surface area contributed by atoms with Crippen LogP contribution in [0.5, 0.6) is 5.75 Å². The van der Waals surface area contributed by atoms with Gasteiger partial charge in [0.25, 0.3) is 0 Å². The predicted molar refractivity (Wildman–Crippen MR) is 83.9 cm³/mol. The Morgan fingerprint density at radius 2 is 2.19 bits per heavy atom. The summed E-state index contributed by atoms with van der Waals surface area (Å²) in [5.74, 6) is 0.858. The van der Waals surface area contributed by atoms with Crippen molar-refractivity contribution in [3.63, 3.8) is 0 Å². The number of nitrogens with zero attached hydrogens (tertiary/aromatic N) is 2. The molecule has 1 heterocycles. The van der Waals surface area contributed by atoms with Crippen LogP contribution in [0.25, 0.3) is 0 Å². The summed E-state index contributed by atoms with van der Waals surface area (Å²) in [6.07, 6.45) is 0. The number of rotatable bonds is 6. The number of ether oxygens (including phenoxy) is 1. The summed E-state index contributed by atoms with van der Waals surface area (Å²) in [6, 6.07) is 7.27. The SMILES string of the molecule is CN(CCOc1cccc(Cl)c1)C(=O)CN1CCNCC1. The van der Waals surface area contributed by atoms with Gasteiger partial charge in [0.1, 0.15) is 12.4 Å². The molecule has 0 unspecified atom stereocenters. The maximum atomic E-state index is 12.1. The Morgan fingerprint density at radius 1 is 1.43 bits per heavy atom. The molecule has 5 nitrogen and oxygen atoms in total. The molecule has 0 saturated carbocycles. The quantitative estimate of drug-likeness (QED) is 0.854. The molecule has 0 atom stereocenters. The van der Waals surface area contributed by atoms with Crippen LogP contribution in [-0.2, 0) is 4.79 Å². The molecule has 6 heteroatoms. The highest BCUT2D eigenvalue weighted by Crippen LogP contribution is 2.16. The second-order valence-electron chi connectivity index (χ2n) is 5.15. The molecule has 1 amide bonds. The zero-order valence-electron chi connectivity index (χ0n) is 12.3. The van der Waals surface area contributed by atoms with Crippen molar-refractivity contribution in [2.75, 3.05) is 52.9 Å². The van der Waals surface area contributed by atoms with E-state index in [0.717, 1.165) is 31.9 Å². The minimum Gasteiger partial charge on any atom is -0.492 e. The molecular formula is C15H22ClN3O2. The number of halogens is 1. The van der Waals surface area contributed by atoms with Gasteiger partial charge in [0.15, 0.2) is 0 Å². The van der Waals surface area contributed by atoms with Crippen LogP contribution in [0.4, 0.5) is 0 Å². The van der Waals surface area contributed by atoms with Crippen LogP contribution in [0.15, 0.2) is 24.3 Å². The predicted octanol–water partition coefficient (Wildman–Crippen LogP) is 1.08. The molecule has 2 rings (SSSR count). The lowest BCUT2D eigenvalue weighted by atomic mass is 10.3. The van der Waals surface area contributed by atoms with Crippen molar-refractivity contribution in [3.8, 4) is 5.75 Å². The number of hydrogen-bond donors (Lipinski definition) is 1. The van der Waals surface area contributed by atoms with Crippen LogP contribution < -0.4 is 10.1 Å². The van der Waals surface area contributed by atoms with Crippen molar-refractivity contribution in [2.45, 2.75) is 0 Å². The summed E-state index contributed by atoms with van der Waals surface area (Å²) in [5.41, 5.74) is 0. The summed E-state index contributed by atoms with van der Waals surface area (Å²) in [5, 5.41) is 3.93. The lowest BCUT2D eigenvalue weighted by Gasteiger charge is -2.28. The van der Waals surface area contributed by atoms with E-state index in [1.807, 2.05) is 19.2 Å². The van der Waals surface area contributed by atoms with E-state index in [0.29, 0.717) is 24.7 Å². The second-order valence-corrected chi connectivity index (χ2v) is 5.58. The van der Waals surface area contributed by atoms with Crippen molar-refractivity contribution >= 4 is 17.5 Å². The topological polar surface area (TPSA) is 44.8 Å². The third kappa shape index (κ3) is 5.53. The summed E-state index contributed by atoms with van der Waals surface area (Å²) in [6.45, 7) is 5.28. The molecule has 0 radical (unpaired) electrons. The molecule has 1 aliphatic rings. The van der Waals surface area contributed by atoms with Gasteiger partial charge in [0.05, 0.1) is 13.1 Å².